The van der Waals surface area contributed by atoms with E-state index in [0.29, 0.717) is 19.7 Å². The van der Waals surface area contributed by atoms with Gasteiger partial charge in [-0.1, -0.05) is 48.5 Å². The number of anilines is 1. The molecule has 2 aromatic carbocycles. The Morgan fingerprint density at radius 3 is 2.50 bits per heavy atom. The van der Waals surface area contributed by atoms with E-state index < -0.39 is 11.8 Å². The molecule has 1 aliphatic heterocycles. The van der Waals surface area contributed by atoms with E-state index in [0.717, 1.165) is 23.3 Å². The SMILES string of the molecule is O=C(CN(CC1CCCO1)C(=O)Nc1ccccc1F)N(Cc1ccccc1)Cc1cccs1. The first-order valence-electron chi connectivity index (χ1n) is 11.3. The minimum atomic E-state index is -0.525. The van der Waals surface area contributed by atoms with Gasteiger partial charge in [0.25, 0.3) is 0 Å². The van der Waals surface area contributed by atoms with Gasteiger partial charge in [-0.3, -0.25) is 4.79 Å². The Morgan fingerprint density at radius 1 is 1.00 bits per heavy atom. The van der Waals surface area contributed by atoms with Gasteiger partial charge in [0.2, 0.25) is 5.91 Å². The molecule has 3 amide bonds. The molecule has 1 aliphatic rings. The van der Waals surface area contributed by atoms with Crippen molar-refractivity contribution >= 4 is 29.0 Å². The molecule has 178 valence electrons. The van der Waals surface area contributed by atoms with Gasteiger partial charge >= 0.3 is 6.03 Å². The van der Waals surface area contributed by atoms with Crippen LogP contribution in [0, 0.1) is 5.82 Å². The van der Waals surface area contributed by atoms with Crippen LogP contribution < -0.4 is 5.32 Å². The van der Waals surface area contributed by atoms with Crippen molar-refractivity contribution in [1.82, 2.24) is 9.80 Å². The molecule has 1 unspecified atom stereocenters. The van der Waals surface area contributed by atoms with E-state index in [1.54, 1.807) is 28.4 Å². The number of carbonyl (C=O) groups excluding carboxylic acids is 2. The molecular formula is C26H28FN3O3S. The third kappa shape index (κ3) is 6.65. The number of benzene rings is 2. The lowest BCUT2D eigenvalue weighted by molar-refractivity contribution is -0.133. The van der Waals surface area contributed by atoms with Crippen LogP contribution in [-0.2, 0) is 22.6 Å². The van der Waals surface area contributed by atoms with Crippen molar-refractivity contribution in [2.45, 2.75) is 32.0 Å². The minimum absolute atomic E-state index is 0.0806. The zero-order chi connectivity index (χ0) is 23.8. The van der Waals surface area contributed by atoms with Gasteiger partial charge in [0, 0.05) is 24.6 Å². The summed E-state index contributed by atoms with van der Waals surface area (Å²) in [4.78, 5) is 30.8. The maximum atomic E-state index is 14.1. The molecule has 0 radical (unpaired) electrons. The molecule has 2 heterocycles. The monoisotopic (exact) mass is 481 g/mol. The van der Waals surface area contributed by atoms with Crippen molar-refractivity contribution in [1.29, 1.82) is 0 Å². The van der Waals surface area contributed by atoms with Gasteiger partial charge in [0.15, 0.2) is 0 Å². The van der Waals surface area contributed by atoms with Crippen LogP contribution in [-0.4, -0.2) is 47.5 Å². The summed E-state index contributed by atoms with van der Waals surface area (Å²) in [5.41, 5.74) is 1.09. The molecule has 4 rings (SSSR count). The minimum Gasteiger partial charge on any atom is -0.376 e. The fraction of sp³-hybridized carbons (Fsp3) is 0.308. The highest BCUT2D eigenvalue weighted by Crippen LogP contribution is 2.19. The number of hydrogen-bond donors (Lipinski definition) is 1. The average molecular weight is 482 g/mol. The van der Waals surface area contributed by atoms with Crippen molar-refractivity contribution in [2.75, 3.05) is 25.0 Å². The Kier molecular flexibility index (Phi) is 8.27. The second-order valence-electron chi connectivity index (χ2n) is 8.24. The molecule has 8 heteroatoms. The summed E-state index contributed by atoms with van der Waals surface area (Å²) in [6, 6.07) is 19.2. The Balaban J connectivity index is 1.51. The fourth-order valence-electron chi connectivity index (χ4n) is 3.90. The third-order valence-electron chi connectivity index (χ3n) is 5.67. The summed E-state index contributed by atoms with van der Waals surface area (Å²) in [6.07, 6.45) is 1.60. The van der Waals surface area contributed by atoms with Gasteiger partial charge in [0.1, 0.15) is 12.4 Å². The third-order valence-corrected chi connectivity index (χ3v) is 6.53. The first-order chi connectivity index (χ1) is 16.6. The Morgan fingerprint density at radius 2 is 1.79 bits per heavy atom. The number of ether oxygens (including phenoxy) is 1. The highest BCUT2D eigenvalue weighted by molar-refractivity contribution is 7.09. The van der Waals surface area contributed by atoms with Gasteiger partial charge in [-0.05, 0) is 42.0 Å². The Labute approximate surface area is 203 Å². The number of rotatable bonds is 9. The first kappa shape index (κ1) is 23.9. The topological polar surface area (TPSA) is 61.9 Å². The van der Waals surface area contributed by atoms with E-state index in [1.165, 1.54) is 17.0 Å². The van der Waals surface area contributed by atoms with Crippen molar-refractivity contribution in [3.05, 3.63) is 88.4 Å². The smallest absolute Gasteiger partial charge is 0.322 e. The molecule has 1 atom stereocenters. The summed E-state index contributed by atoms with van der Waals surface area (Å²) >= 11 is 1.59. The Hall–Kier alpha value is -3.23. The summed E-state index contributed by atoms with van der Waals surface area (Å²) in [5.74, 6) is -0.707. The summed E-state index contributed by atoms with van der Waals surface area (Å²) in [6.45, 7) is 1.66. The molecule has 34 heavy (non-hydrogen) atoms. The molecule has 1 fully saturated rings. The van der Waals surface area contributed by atoms with Crippen LogP contribution in [0.1, 0.15) is 23.3 Å². The Bertz CT molecular complexity index is 1070. The fourth-order valence-corrected chi connectivity index (χ4v) is 4.62. The number of thiophene rings is 1. The maximum Gasteiger partial charge on any atom is 0.322 e. The zero-order valence-corrected chi connectivity index (χ0v) is 19.7. The van der Waals surface area contributed by atoms with Crippen LogP contribution in [0.5, 0.6) is 0 Å². The van der Waals surface area contributed by atoms with E-state index in [4.69, 9.17) is 4.74 Å². The number of carbonyl (C=O) groups is 2. The predicted molar refractivity (Wildman–Crippen MR) is 131 cm³/mol. The molecule has 1 aromatic heterocycles. The van der Waals surface area contributed by atoms with Crippen molar-refractivity contribution in [3.8, 4) is 0 Å². The highest BCUT2D eigenvalue weighted by Gasteiger charge is 2.27. The molecule has 1 N–H and O–H groups in total. The summed E-state index contributed by atoms with van der Waals surface area (Å²) < 4.78 is 19.8. The van der Waals surface area contributed by atoms with Gasteiger partial charge in [-0.25, -0.2) is 9.18 Å². The maximum absolute atomic E-state index is 14.1. The van der Waals surface area contributed by atoms with Gasteiger partial charge in [-0.2, -0.15) is 0 Å². The van der Waals surface area contributed by atoms with E-state index in [9.17, 15) is 14.0 Å². The quantitative estimate of drug-likeness (QED) is 0.461. The molecular weight excluding hydrogens is 453 g/mol. The number of para-hydroxylation sites is 1. The number of urea groups is 1. The van der Waals surface area contributed by atoms with E-state index in [-0.39, 0.29) is 30.8 Å². The summed E-state index contributed by atoms with van der Waals surface area (Å²) in [7, 11) is 0. The molecule has 0 saturated carbocycles. The lowest BCUT2D eigenvalue weighted by atomic mass is 10.2. The first-order valence-corrected chi connectivity index (χ1v) is 12.2. The summed E-state index contributed by atoms with van der Waals surface area (Å²) in [5, 5.41) is 4.59. The van der Waals surface area contributed by atoms with E-state index in [2.05, 4.69) is 5.32 Å². The number of halogens is 1. The van der Waals surface area contributed by atoms with Gasteiger partial charge in [0.05, 0.1) is 18.3 Å². The van der Waals surface area contributed by atoms with Crippen molar-refractivity contribution in [3.63, 3.8) is 0 Å². The average Bonchev–Trinajstić information content (AvgIpc) is 3.55. The van der Waals surface area contributed by atoms with Crippen LogP contribution in [0.4, 0.5) is 14.9 Å². The standard InChI is InChI=1S/C26H28FN3O3S/c27-23-12-4-5-13-24(23)28-26(32)30(17-21-10-6-14-33-21)19-25(31)29(18-22-11-7-15-34-22)16-20-8-2-1-3-9-20/h1-5,7-9,11-13,15,21H,6,10,14,16-19H2,(H,28,32). The van der Waals surface area contributed by atoms with E-state index in [1.807, 2.05) is 47.8 Å². The van der Waals surface area contributed by atoms with Crippen LogP contribution in [0.25, 0.3) is 0 Å². The largest absolute Gasteiger partial charge is 0.376 e. The molecule has 0 aliphatic carbocycles. The predicted octanol–water partition coefficient (Wildman–Crippen LogP) is 5.13. The number of nitrogens with zero attached hydrogens (tertiary/aromatic N) is 2. The molecule has 3 aromatic rings. The van der Waals surface area contributed by atoms with Gasteiger partial charge in [-0.15, -0.1) is 11.3 Å². The van der Waals surface area contributed by atoms with Crippen LogP contribution in [0.15, 0.2) is 72.1 Å². The number of hydrogen-bond acceptors (Lipinski definition) is 4. The second kappa shape index (κ2) is 11.8. The van der Waals surface area contributed by atoms with Crippen LogP contribution in [0.3, 0.4) is 0 Å². The normalized spacial score (nSPS) is 15.1. The van der Waals surface area contributed by atoms with Crippen molar-refractivity contribution < 1.29 is 18.7 Å². The highest BCUT2D eigenvalue weighted by atomic mass is 32.1. The van der Waals surface area contributed by atoms with Crippen molar-refractivity contribution in [2.24, 2.45) is 0 Å². The zero-order valence-electron chi connectivity index (χ0n) is 18.9. The lowest BCUT2D eigenvalue weighted by Gasteiger charge is -2.29. The molecule has 6 nitrogen and oxygen atoms in total. The van der Waals surface area contributed by atoms with Crippen LogP contribution >= 0.6 is 11.3 Å². The van der Waals surface area contributed by atoms with Gasteiger partial charge < -0.3 is 19.9 Å². The molecule has 0 bridgehead atoms. The van der Waals surface area contributed by atoms with Crippen LogP contribution in [0.2, 0.25) is 0 Å². The molecule has 1 saturated heterocycles. The van der Waals surface area contributed by atoms with E-state index >= 15 is 0 Å². The number of nitrogens with one attached hydrogen (secondary N) is 1. The second-order valence-corrected chi connectivity index (χ2v) is 9.27. The molecule has 0 spiro atoms. The number of amides is 3. The lowest BCUT2D eigenvalue weighted by Crippen LogP contribution is -2.46.